The molecule has 19 heavy (non-hydrogen) atoms. The van der Waals surface area contributed by atoms with Gasteiger partial charge in [0.2, 0.25) is 0 Å². The van der Waals surface area contributed by atoms with Gasteiger partial charge in [0.1, 0.15) is 11.5 Å². The topological polar surface area (TPSA) is 73.8 Å². The maximum Gasteiger partial charge on any atom is 0.320 e. The molecule has 0 atom stereocenters. The van der Waals surface area contributed by atoms with E-state index in [0.717, 1.165) is 10.5 Å². The number of hydrogen-bond acceptors (Lipinski definition) is 5. The summed E-state index contributed by atoms with van der Waals surface area (Å²) in [5.41, 5.74) is 2.60. The first-order chi connectivity index (χ1) is 9.22. The molecule has 0 fully saturated rings. The molecule has 0 saturated carbocycles. The highest BCUT2D eigenvalue weighted by Crippen LogP contribution is 2.33. The van der Waals surface area contributed by atoms with Gasteiger partial charge >= 0.3 is 5.69 Å². The number of aryl methyl sites for hydroxylation is 1. The van der Waals surface area contributed by atoms with E-state index in [1.807, 2.05) is 13.0 Å². The van der Waals surface area contributed by atoms with E-state index in [4.69, 9.17) is 0 Å². The van der Waals surface area contributed by atoms with Gasteiger partial charge in [0.05, 0.1) is 15.1 Å². The van der Waals surface area contributed by atoms with Gasteiger partial charge in [-0.05, 0) is 12.1 Å². The van der Waals surface area contributed by atoms with Crippen LogP contribution in [0.5, 0.6) is 0 Å². The summed E-state index contributed by atoms with van der Waals surface area (Å²) in [7, 11) is 0. The van der Waals surface area contributed by atoms with Crippen LogP contribution in [0.25, 0.3) is 15.9 Å². The summed E-state index contributed by atoms with van der Waals surface area (Å²) in [5, 5.41) is 11.4. The molecule has 96 valence electrons. The molecule has 0 N–H and O–H groups in total. The second-order valence-electron chi connectivity index (χ2n) is 3.96. The quantitative estimate of drug-likeness (QED) is 0.543. The number of rotatable bonds is 3. The van der Waals surface area contributed by atoms with Crippen LogP contribution in [0.1, 0.15) is 12.7 Å². The third kappa shape index (κ3) is 1.78. The lowest BCUT2D eigenvalue weighted by Gasteiger charge is -2.07. The van der Waals surface area contributed by atoms with Crippen molar-refractivity contribution in [2.45, 2.75) is 13.3 Å². The lowest BCUT2D eigenvalue weighted by Crippen LogP contribution is -2.03. The van der Waals surface area contributed by atoms with Crippen molar-refractivity contribution in [2.75, 3.05) is 0 Å². The van der Waals surface area contributed by atoms with Crippen molar-refractivity contribution < 1.29 is 4.92 Å². The molecule has 3 rings (SSSR count). The Hall–Kier alpha value is -2.28. The zero-order chi connectivity index (χ0) is 13.4. The number of aromatic nitrogens is 3. The van der Waals surface area contributed by atoms with Crippen molar-refractivity contribution in [1.82, 2.24) is 14.5 Å². The Labute approximate surface area is 112 Å². The van der Waals surface area contributed by atoms with Crippen LogP contribution in [-0.4, -0.2) is 19.5 Å². The fourth-order valence-corrected chi connectivity index (χ4v) is 2.78. The number of fused-ring (bicyclic) bond motifs is 1. The molecular weight excluding hydrogens is 264 g/mol. The van der Waals surface area contributed by atoms with E-state index < -0.39 is 0 Å². The van der Waals surface area contributed by atoms with E-state index in [2.05, 4.69) is 9.97 Å². The molecule has 0 aliphatic heterocycles. The van der Waals surface area contributed by atoms with Crippen molar-refractivity contribution in [1.29, 1.82) is 0 Å². The fraction of sp³-hybridized carbons (Fsp3) is 0.167. The van der Waals surface area contributed by atoms with Crippen LogP contribution in [0.2, 0.25) is 0 Å². The summed E-state index contributed by atoms with van der Waals surface area (Å²) >= 11 is 1.39. The number of benzene rings is 1. The van der Waals surface area contributed by atoms with Gasteiger partial charge < -0.3 is 0 Å². The molecule has 0 aliphatic carbocycles. The molecule has 7 heteroatoms. The van der Waals surface area contributed by atoms with Crippen LogP contribution >= 0.6 is 11.3 Å². The smallest absolute Gasteiger partial charge is 0.298 e. The molecule has 0 aliphatic rings. The Kier molecular flexibility index (Phi) is 2.75. The van der Waals surface area contributed by atoms with Gasteiger partial charge in [-0.25, -0.2) is 9.97 Å². The summed E-state index contributed by atoms with van der Waals surface area (Å²) in [5.74, 6) is 0.790. The van der Waals surface area contributed by atoms with Gasteiger partial charge in [0.15, 0.2) is 5.52 Å². The van der Waals surface area contributed by atoms with E-state index >= 15 is 0 Å². The van der Waals surface area contributed by atoms with Gasteiger partial charge in [0, 0.05) is 18.8 Å². The lowest BCUT2D eigenvalue weighted by molar-refractivity contribution is -0.382. The third-order valence-corrected chi connectivity index (χ3v) is 3.72. The van der Waals surface area contributed by atoms with Gasteiger partial charge in [0.25, 0.3) is 0 Å². The molecule has 0 bridgehead atoms. The zero-order valence-corrected chi connectivity index (χ0v) is 10.9. The fourth-order valence-electron chi connectivity index (χ4n) is 2.10. The summed E-state index contributed by atoms with van der Waals surface area (Å²) in [6.07, 6.45) is 4.09. The number of hydrogen-bond donors (Lipinski definition) is 0. The first-order valence-electron chi connectivity index (χ1n) is 5.75. The molecule has 2 heterocycles. The standard InChI is InChI=1S/C12H10N4O2S/c1-2-10-13-5-6-15(10)8-3-4-9-11(14-7-19-9)12(8)16(17)18/h3-7H,2H2,1H3. The average Bonchev–Trinajstić information content (AvgIpc) is 3.05. The lowest BCUT2D eigenvalue weighted by atomic mass is 10.2. The summed E-state index contributed by atoms with van der Waals surface area (Å²) < 4.78 is 2.56. The monoisotopic (exact) mass is 274 g/mol. The average molecular weight is 274 g/mol. The normalized spacial score (nSPS) is 11.0. The van der Waals surface area contributed by atoms with E-state index in [-0.39, 0.29) is 10.6 Å². The molecule has 0 unspecified atom stereocenters. The van der Waals surface area contributed by atoms with Crippen LogP contribution in [-0.2, 0) is 6.42 Å². The minimum atomic E-state index is -0.378. The molecular formula is C12H10N4O2S. The highest BCUT2D eigenvalue weighted by molar-refractivity contribution is 7.16. The maximum absolute atomic E-state index is 11.4. The number of nitrogens with zero attached hydrogens (tertiary/aromatic N) is 4. The summed E-state index contributed by atoms with van der Waals surface area (Å²) in [4.78, 5) is 19.3. The maximum atomic E-state index is 11.4. The molecule has 0 amide bonds. The molecule has 1 aromatic carbocycles. The van der Waals surface area contributed by atoms with Crippen molar-refractivity contribution in [2.24, 2.45) is 0 Å². The SMILES string of the molecule is CCc1nccn1-c1ccc2scnc2c1[N+](=O)[O-]. The Morgan fingerprint density at radius 2 is 2.26 bits per heavy atom. The van der Waals surface area contributed by atoms with Gasteiger partial charge in [-0.3, -0.25) is 14.7 Å². The Bertz CT molecular complexity index is 762. The summed E-state index contributed by atoms with van der Waals surface area (Å²) in [6.45, 7) is 1.96. The van der Waals surface area contributed by atoms with Crippen molar-refractivity contribution in [3.8, 4) is 5.69 Å². The van der Waals surface area contributed by atoms with E-state index in [0.29, 0.717) is 17.6 Å². The second kappa shape index (κ2) is 4.43. The van der Waals surface area contributed by atoms with Crippen molar-refractivity contribution in [3.05, 3.63) is 46.0 Å². The minimum absolute atomic E-state index is 0.0338. The zero-order valence-electron chi connectivity index (χ0n) is 10.1. The summed E-state index contributed by atoms with van der Waals surface area (Å²) in [6, 6.07) is 3.61. The van der Waals surface area contributed by atoms with E-state index in [1.54, 1.807) is 28.5 Å². The predicted molar refractivity (Wildman–Crippen MR) is 72.8 cm³/mol. The number of imidazole rings is 1. The highest BCUT2D eigenvalue weighted by atomic mass is 32.1. The van der Waals surface area contributed by atoms with Crippen LogP contribution in [0, 0.1) is 10.1 Å². The van der Waals surface area contributed by atoms with Gasteiger partial charge in [-0.15, -0.1) is 11.3 Å². The predicted octanol–water partition coefficient (Wildman–Crippen LogP) is 2.95. The van der Waals surface area contributed by atoms with Gasteiger partial charge in [-0.1, -0.05) is 6.92 Å². The van der Waals surface area contributed by atoms with Crippen LogP contribution < -0.4 is 0 Å². The molecule has 0 saturated heterocycles. The van der Waals surface area contributed by atoms with Crippen molar-refractivity contribution >= 4 is 27.2 Å². The van der Waals surface area contributed by atoms with Crippen LogP contribution in [0.3, 0.4) is 0 Å². The molecule has 6 nitrogen and oxygen atoms in total. The number of thiazole rings is 1. The van der Waals surface area contributed by atoms with E-state index in [1.165, 1.54) is 11.3 Å². The Morgan fingerprint density at radius 3 is 3.00 bits per heavy atom. The first kappa shape index (κ1) is 11.8. The largest absolute Gasteiger partial charge is 0.320 e. The van der Waals surface area contributed by atoms with E-state index in [9.17, 15) is 10.1 Å². The molecule has 2 aromatic heterocycles. The van der Waals surface area contributed by atoms with Crippen LogP contribution in [0.15, 0.2) is 30.0 Å². The first-order valence-corrected chi connectivity index (χ1v) is 6.63. The van der Waals surface area contributed by atoms with Crippen molar-refractivity contribution in [3.63, 3.8) is 0 Å². The van der Waals surface area contributed by atoms with Gasteiger partial charge in [-0.2, -0.15) is 0 Å². The Balaban J connectivity index is 2.34. The second-order valence-corrected chi connectivity index (χ2v) is 4.84. The molecule has 0 radical (unpaired) electrons. The molecule has 0 spiro atoms. The number of nitro groups is 1. The van der Waals surface area contributed by atoms with Crippen LogP contribution in [0.4, 0.5) is 5.69 Å². The highest BCUT2D eigenvalue weighted by Gasteiger charge is 2.22. The Morgan fingerprint density at radius 1 is 1.42 bits per heavy atom. The number of nitro benzene ring substituents is 1. The molecule has 3 aromatic rings. The minimum Gasteiger partial charge on any atom is -0.298 e. The third-order valence-electron chi connectivity index (χ3n) is 2.93.